The van der Waals surface area contributed by atoms with E-state index >= 15 is 0 Å². The van der Waals surface area contributed by atoms with Gasteiger partial charge in [0.05, 0.1) is 4.92 Å². The van der Waals surface area contributed by atoms with E-state index < -0.39 is 23.2 Å². The molecule has 1 amide bonds. The van der Waals surface area contributed by atoms with Crippen LogP contribution in [0, 0.1) is 33.3 Å². The topological polar surface area (TPSA) is 98.5 Å². The first-order valence-electron chi connectivity index (χ1n) is 9.71. The van der Waals surface area contributed by atoms with Crippen molar-refractivity contribution in [2.75, 3.05) is 13.2 Å². The first-order chi connectivity index (χ1) is 13.3. The Bertz CT molecular complexity index is 790. The molecular formula is C20H23ClN2O5. The lowest BCUT2D eigenvalue weighted by atomic mass is 9.49. The summed E-state index contributed by atoms with van der Waals surface area (Å²) in [6.07, 6.45) is 7.53. The van der Waals surface area contributed by atoms with E-state index in [0.717, 1.165) is 23.8 Å². The Balaban J connectivity index is 1.31. The summed E-state index contributed by atoms with van der Waals surface area (Å²) in [6, 6.07) is 3.65. The summed E-state index contributed by atoms with van der Waals surface area (Å²) in [7, 11) is 0. The van der Waals surface area contributed by atoms with Crippen molar-refractivity contribution < 1.29 is 19.2 Å². The van der Waals surface area contributed by atoms with Gasteiger partial charge in [-0.2, -0.15) is 0 Å². The van der Waals surface area contributed by atoms with Gasteiger partial charge in [-0.3, -0.25) is 14.9 Å². The third kappa shape index (κ3) is 3.85. The van der Waals surface area contributed by atoms with E-state index in [-0.39, 0.29) is 21.9 Å². The number of carbonyl (C=O) groups excluding carboxylic acids is 2. The van der Waals surface area contributed by atoms with Gasteiger partial charge in [-0.05, 0) is 73.8 Å². The minimum atomic E-state index is -0.931. The molecule has 0 aliphatic heterocycles. The Hall–Kier alpha value is -2.15. The highest BCUT2D eigenvalue weighted by molar-refractivity contribution is 6.31. The van der Waals surface area contributed by atoms with E-state index in [9.17, 15) is 19.7 Å². The molecule has 7 nitrogen and oxygen atoms in total. The Morgan fingerprint density at radius 2 is 1.79 bits per heavy atom. The van der Waals surface area contributed by atoms with Gasteiger partial charge < -0.3 is 10.1 Å². The summed E-state index contributed by atoms with van der Waals surface area (Å²) in [4.78, 5) is 34.8. The molecule has 1 aromatic rings. The summed E-state index contributed by atoms with van der Waals surface area (Å²) >= 11 is 5.82. The zero-order valence-corrected chi connectivity index (χ0v) is 16.2. The molecule has 5 rings (SSSR count). The highest BCUT2D eigenvalue weighted by Gasteiger charge is 2.50. The van der Waals surface area contributed by atoms with E-state index in [0.29, 0.717) is 6.54 Å². The maximum Gasteiger partial charge on any atom is 0.345 e. The van der Waals surface area contributed by atoms with Crippen molar-refractivity contribution in [3.63, 3.8) is 0 Å². The van der Waals surface area contributed by atoms with Crippen molar-refractivity contribution in [3.8, 4) is 0 Å². The van der Waals surface area contributed by atoms with Crippen LogP contribution in [-0.4, -0.2) is 30.0 Å². The number of rotatable bonds is 6. The number of halogens is 1. The summed E-state index contributed by atoms with van der Waals surface area (Å²) in [6.45, 7) is 0.152. The first-order valence-corrected chi connectivity index (χ1v) is 10.1. The van der Waals surface area contributed by atoms with Gasteiger partial charge in [0.2, 0.25) is 0 Å². The molecule has 150 valence electrons. The fraction of sp³-hybridized carbons (Fsp3) is 0.600. The van der Waals surface area contributed by atoms with Gasteiger partial charge in [-0.15, -0.1) is 0 Å². The molecular weight excluding hydrogens is 384 g/mol. The fourth-order valence-electron chi connectivity index (χ4n) is 5.88. The predicted molar refractivity (Wildman–Crippen MR) is 102 cm³/mol. The average Bonchev–Trinajstić information content (AvgIpc) is 2.63. The molecule has 0 heterocycles. The number of nitrogens with one attached hydrogen (secondary N) is 1. The third-order valence-corrected chi connectivity index (χ3v) is 6.77. The van der Waals surface area contributed by atoms with Crippen LogP contribution in [0.3, 0.4) is 0 Å². The van der Waals surface area contributed by atoms with Crippen molar-refractivity contribution in [2.45, 2.75) is 38.5 Å². The van der Waals surface area contributed by atoms with Crippen LogP contribution in [0.15, 0.2) is 18.2 Å². The molecule has 0 spiro atoms. The van der Waals surface area contributed by atoms with Crippen LogP contribution in [0.2, 0.25) is 5.02 Å². The lowest BCUT2D eigenvalue weighted by Gasteiger charge is -2.56. The predicted octanol–water partition coefficient (Wildman–Crippen LogP) is 3.74. The van der Waals surface area contributed by atoms with Crippen molar-refractivity contribution in [3.05, 3.63) is 38.9 Å². The number of amides is 1. The van der Waals surface area contributed by atoms with Crippen molar-refractivity contribution in [1.82, 2.24) is 5.32 Å². The molecule has 0 saturated heterocycles. The molecule has 1 N–H and O–H groups in total. The minimum Gasteiger partial charge on any atom is -0.452 e. The number of hydrogen-bond acceptors (Lipinski definition) is 5. The number of esters is 1. The number of nitrogens with zero attached hydrogens (tertiary/aromatic N) is 1. The molecule has 4 bridgehead atoms. The van der Waals surface area contributed by atoms with Crippen LogP contribution in [-0.2, 0) is 9.53 Å². The largest absolute Gasteiger partial charge is 0.452 e. The Labute approximate surface area is 167 Å². The summed E-state index contributed by atoms with van der Waals surface area (Å²) in [5, 5.41) is 14.2. The molecule has 0 radical (unpaired) electrons. The van der Waals surface area contributed by atoms with Crippen LogP contribution >= 0.6 is 11.6 Å². The lowest BCUT2D eigenvalue weighted by molar-refractivity contribution is -0.385. The molecule has 4 aliphatic carbocycles. The second-order valence-corrected chi connectivity index (χ2v) is 9.13. The molecule has 0 unspecified atom stereocenters. The van der Waals surface area contributed by atoms with Gasteiger partial charge in [0.15, 0.2) is 6.61 Å². The lowest BCUT2D eigenvalue weighted by Crippen LogP contribution is -2.51. The van der Waals surface area contributed by atoms with Crippen molar-refractivity contribution >= 4 is 29.2 Å². The van der Waals surface area contributed by atoms with Gasteiger partial charge in [0.1, 0.15) is 5.56 Å². The second-order valence-electron chi connectivity index (χ2n) is 8.69. The molecule has 28 heavy (non-hydrogen) atoms. The molecule has 4 aliphatic rings. The van der Waals surface area contributed by atoms with E-state index in [1.54, 1.807) is 0 Å². The number of nitro benzene ring substituents is 1. The SMILES string of the molecule is O=C(COC(=O)c1cc(Cl)ccc1[N+](=O)[O-])NCC12CC3CC(CC(C3)C1)C2. The van der Waals surface area contributed by atoms with E-state index in [1.807, 2.05) is 0 Å². The van der Waals surface area contributed by atoms with Crippen LogP contribution < -0.4 is 5.32 Å². The Morgan fingerprint density at radius 1 is 1.18 bits per heavy atom. The number of hydrogen-bond donors (Lipinski definition) is 1. The highest BCUT2D eigenvalue weighted by atomic mass is 35.5. The van der Waals surface area contributed by atoms with Crippen LogP contribution in [0.25, 0.3) is 0 Å². The number of ether oxygens (including phenoxy) is 1. The number of carbonyl (C=O) groups is 2. The van der Waals surface area contributed by atoms with Gasteiger partial charge >= 0.3 is 5.97 Å². The summed E-state index contributed by atoms with van der Waals surface area (Å²) in [5.41, 5.74) is -0.463. The van der Waals surface area contributed by atoms with Gasteiger partial charge in [0.25, 0.3) is 11.6 Å². The molecule has 4 saturated carbocycles. The smallest absolute Gasteiger partial charge is 0.345 e. The van der Waals surface area contributed by atoms with Crippen molar-refractivity contribution in [1.29, 1.82) is 0 Å². The summed E-state index contributed by atoms with van der Waals surface area (Å²) < 4.78 is 4.99. The quantitative estimate of drug-likeness (QED) is 0.440. The standard InChI is InChI=1S/C20H23ClN2O5/c21-15-1-2-17(23(26)27)16(6-15)19(25)28-10-18(24)22-11-20-7-12-3-13(8-20)5-14(4-12)9-20/h1-2,6,12-14H,3-5,7-11H2,(H,22,24). The first kappa shape index (κ1) is 19.2. The van der Waals surface area contributed by atoms with Crippen LogP contribution in [0.4, 0.5) is 5.69 Å². The van der Waals surface area contributed by atoms with E-state index in [4.69, 9.17) is 16.3 Å². The molecule has 4 fully saturated rings. The van der Waals surface area contributed by atoms with E-state index in [1.165, 1.54) is 50.7 Å². The van der Waals surface area contributed by atoms with Crippen molar-refractivity contribution in [2.24, 2.45) is 23.2 Å². The molecule has 0 atom stereocenters. The normalized spacial score (nSPS) is 30.1. The van der Waals surface area contributed by atoms with Crippen LogP contribution in [0.5, 0.6) is 0 Å². The monoisotopic (exact) mass is 406 g/mol. The second kappa shape index (κ2) is 7.35. The maximum atomic E-state index is 12.2. The molecule has 1 aromatic carbocycles. The Kier molecular flexibility index (Phi) is 5.04. The average molecular weight is 407 g/mol. The van der Waals surface area contributed by atoms with Gasteiger partial charge in [-0.25, -0.2) is 4.79 Å². The maximum absolute atomic E-state index is 12.2. The minimum absolute atomic E-state index is 0.184. The zero-order chi connectivity index (χ0) is 19.9. The Morgan fingerprint density at radius 3 is 2.36 bits per heavy atom. The van der Waals surface area contributed by atoms with Gasteiger partial charge in [-0.1, -0.05) is 11.6 Å². The zero-order valence-electron chi connectivity index (χ0n) is 15.5. The third-order valence-electron chi connectivity index (χ3n) is 6.54. The highest BCUT2D eigenvalue weighted by Crippen LogP contribution is 2.59. The molecule has 0 aromatic heterocycles. The van der Waals surface area contributed by atoms with Gasteiger partial charge in [0, 0.05) is 17.6 Å². The number of benzene rings is 1. The fourth-order valence-corrected chi connectivity index (χ4v) is 6.06. The number of nitro groups is 1. The van der Waals surface area contributed by atoms with Crippen LogP contribution in [0.1, 0.15) is 48.9 Å². The summed E-state index contributed by atoms with van der Waals surface area (Å²) in [5.74, 6) is 1.08. The van der Waals surface area contributed by atoms with E-state index in [2.05, 4.69) is 5.32 Å². The molecule has 8 heteroatoms.